The Morgan fingerprint density at radius 1 is 1.30 bits per heavy atom. The fraction of sp³-hybridized carbons (Fsp3) is 0.429. The topological polar surface area (TPSA) is 79.6 Å². The van der Waals surface area contributed by atoms with Crippen LogP contribution in [0.4, 0.5) is 0 Å². The van der Waals surface area contributed by atoms with Gasteiger partial charge in [0.2, 0.25) is 0 Å². The van der Waals surface area contributed by atoms with Gasteiger partial charge in [-0.05, 0) is 6.92 Å². The number of H-pyrrole nitrogens is 1. The summed E-state index contributed by atoms with van der Waals surface area (Å²) in [4.78, 5) is 34.6. The molecule has 0 radical (unpaired) electrons. The van der Waals surface area contributed by atoms with E-state index in [0.29, 0.717) is 16.9 Å². The number of ketones is 1. The second-order valence-electron chi connectivity index (χ2n) is 4.74. The Labute approximate surface area is 162 Å². The second kappa shape index (κ2) is 15.5. The molecule has 0 aliphatic rings. The fourth-order valence-corrected chi connectivity index (χ4v) is 1.88. The quantitative estimate of drug-likeness (QED) is 0.581. The summed E-state index contributed by atoms with van der Waals surface area (Å²) >= 11 is 0. The first-order chi connectivity index (χ1) is 13.0. The van der Waals surface area contributed by atoms with Gasteiger partial charge in [0, 0.05) is 25.5 Å². The molecule has 0 atom stereocenters. The van der Waals surface area contributed by atoms with Crippen LogP contribution in [0.15, 0.2) is 40.9 Å². The van der Waals surface area contributed by atoms with E-state index >= 15 is 0 Å². The highest BCUT2D eigenvalue weighted by Gasteiger charge is 2.18. The molecular weight excluding hydrogens is 340 g/mol. The maximum absolute atomic E-state index is 12.0. The molecule has 0 saturated carbocycles. The van der Waals surface area contributed by atoms with Crippen LogP contribution in [0.2, 0.25) is 0 Å². The van der Waals surface area contributed by atoms with Crippen molar-refractivity contribution in [3.8, 4) is 0 Å². The average molecular weight is 375 g/mol. The molecule has 0 amide bonds. The number of Topliss-reactive ketones (excluding diaryl/α,β-unsaturated/α-hetero) is 1. The number of nitrogens with zero attached hydrogens (tertiary/aromatic N) is 3. The van der Waals surface area contributed by atoms with Gasteiger partial charge in [0.15, 0.2) is 11.6 Å². The zero-order valence-electron chi connectivity index (χ0n) is 18.0. The molecule has 2 aromatic heterocycles. The highest BCUT2D eigenvalue weighted by Crippen LogP contribution is 2.19. The van der Waals surface area contributed by atoms with Gasteiger partial charge in [-0.2, -0.15) is 0 Å². The summed E-state index contributed by atoms with van der Waals surface area (Å²) < 4.78 is 1.48. The predicted molar refractivity (Wildman–Crippen MR) is 117 cm³/mol. The molecule has 6 nitrogen and oxygen atoms in total. The van der Waals surface area contributed by atoms with E-state index in [2.05, 4.69) is 35.4 Å². The van der Waals surface area contributed by atoms with E-state index in [-0.39, 0.29) is 17.2 Å². The molecule has 0 aliphatic heterocycles. The van der Waals surface area contributed by atoms with Crippen molar-refractivity contribution in [3.63, 3.8) is 0 Å². The molecule has 0 spiro atoms. The number of aromatic nitrogens is 3. The lowest BCUT2D eigenvalue weighted by molar-refractivity contribution is 0.100. The number of fused-ring (bicyclic) bond motifs is 1. The molecule has 2 heterocycles. The molecule has 0 saturated heterocycles. The van der Waals surface area contributed by atoms with Crippen molar-refractivity contribution in [2.45, 2.75) is 61.8 Å². The van der Waals surface area contributed by atoms with Crippen LogP contribution in [0.5, 0.6) is 0 Å². The summed E-state index contributed by atoms with van der Waals surface area (Å²) in [7, 11) is 0. The molecule has 150 valence electrons. The molecule has 2 aromatic rings. The third kappa shape index (κ3) is 7.56. The predicted octanol–water partition coefficient (Wildman–Crippen LogP) is 5.31. The summed E-state index contributed by atoms with van der Waals surface area (Å²) in [5.74, 6) is -0.0192. The van der Waals surface area contributed by atoms with Crippen LogP contribution >= 0.6 is 0 Å². The summed E-state index contributed by atoms with van der Waals surface area (Å²) in [5, 5.41) is 0. The Morgan fingerprint density at radius 3 is 2.30 bits per heavy atom. The Bertz CT molecular complexity index is 811. The van der Waals surface area contributed by atoms with Crippen LogP contribution in [-0.2, 0) is 0 Å². The lowest BCUT2D eigenvalue weighted by Crippen LogP contribution is -2.10. The minimum atomic E-state index is -0.323. The largest absolute Gasteiger partial charge is 0.326 e. The van der Waals surface area contributed by atoms with Crippen LogP contribution in [0.25, 0.3) is 11.2 Å². The van der Waals surface area contributed by atoms with Crippen molar-refractivity contribution in [2.75, 3.05) is 0 Å². The summed E-state index contributed by atoms with van der Waals surface area (Å²) in [5.41, 5.74) is 0.854. The Morgan fingerprint density at radius 2 is 1.85 bits per heavy atom. The number of carbonyl (C=O) groups is 1. The van der Waals surface area contributed by atoms with Crippen molar-refractivity contribution < 1.29 is 4.79 Å². The number of hydrogen-bond donors (Lipinski definition) is 1. The van der Waals surface area contributed by atoms with Crippen molar-refractivity contribution in [1.82, 2.24) is 14.4 Å². The van der Waals surface area contributed by atoms with E-state index in [9.17, 15) is 9.59 Å². The minimum Gasteiger partial charge on any atom is -0.326 e. The van der Waals surface area contributed by atoms with Crippen LogP contribution in [0.1, 0.15) is 78.1 Å². The first-order valence-corrected chi connectivity index (χ1v) is 9.44. The zero-order chi connectivity index (χ0) is 21.4. The third-order valence-electron chi connectivity index (χ3n) is 2.71. The molecule has 0 bridgehead atoms. The van der Waals surface area contributed by atoms with Gasteiger partial charge in [-0.3, -0.25) is 19.0 Å². The fourth-order valence-electron chi connectivity index (χ4n) is 1.88. The van der Waals surface area contributed by atoms with Gasteiger partial charge in [0.05, 0.1) is 5.70 Å². The SMILES string of the molecule is C=CC=N/C(=C\C)c1nc(C(C)=O)n2cc[nH]c(=O)c12.CC.CC.CCC. The van der Waals surface area contributed by atoms with Crippen molar-refractivity contribution in [1.29, 1.82) is 0 Å². The van der Waals surface area contributed by atoms with Crippen LogP contribution in [0.3, 0.4) is 0 Å². The molecular formula is C21H34N4O2. The number of aliphatic imine (C=N–C) groups is 1. The van der Waals surface area contributed by atoms with Gasteiger partial charge in [-0.25, -0.2) is 4.98 Å². The van der Waals surface area contributed by atoms with Gasteiger partial charge in [-0.1, -0.05) is 66.7 Å². The Kier molecular flexibility index (Phi) is 15.2. The first-order valence-electron chi connectivity index (χ1n) is 9.44. The lowest BCUT2D eigenvalue weighted by atomic mass is 10.3. The number of carbonyl (C=O) groups excluding carboxylic acids is 1. The van der Waals surface area contributed by atoms with Gasteiger partial charge in [0.1, 0.15) is 11.2 Å². The standard InChI is InChI=1S/C14H14N4O2.C3H8.2C2H6/c1-4-6-15-10(5-2)11-12-14(20)16-7-8-18(12)13(17-11)9(3)19;1-3-2;2*1-2/h4-8H,1H2,2-3H3,(H,16,20);3H2,1-2H3;2*1-2H3/b10-5-,15-6?;;;. The van der Waals surface area contributed by atoms with E-state index in [1.165, 1.54) is 36.2 Å². The lowest BCUT2D eigenvalue weighted by Gasteiger charge is -1.97. The summed E-state index contributed by atoms with van der Waals surface area (Å²) in [6.07, 6.45) is 9.06. The van der Waals surface area contributed by atoms with Crippen molar-refractivity contribution in [3.05, 3.63) is 53.0 Å². The average Bonchev–Trinajstić information content (AvgIpc) is 3.08. The van der Waals surface area contributed by atoms with E-state index in [1.54, 1.807) is 19.2 Å². The maximum atomic E-state index is 12.0. The molecule has 6 heteroatoms. The van der Waals surface area contributed by atoms with Crippen molar-refractivity contribution in [2.24, 2.45) is 4.99 Å². The summed E-state index contributed by atoms with van der Waals surface area (Å²) in [6, 6.07) is 0. The van der Waals surface area contributed by atoms with Gasteiger partial charge in [-0.15, -0.1) is 0 Å². The molecule has 2 rings (SSSR count). The maximum Gasteiger partial charge on any atom is 0.274 e. The molecule has 0 fully saturated rings. The minimum absolute atomic E-state index is 0.203. The third-order valence-corrected chi connectivity index (χ3v) is 2.71. The number of hydrogen-bond acceptors (Lipinski definition) is 4. The second-order valence-corrected chi connectivity index (χ2v) is 4.74. The smallest absolute Gasteiger partial charge is 0.274 e. The van der Waals surface area contributed by atoms with E-state index in [1.807, 2.05) is 27.7 Å². The molecule has 0 unspecified atom stereocenters. The van der Waals surface area contributed by atoms with E-state index < -0.39 is 0 Å². The molecule has 27 heavy (non-hydrogen) atoms. The zero-order valence-corrected chi connectivity index (χ0v) is 18.0. The van der Waals surface area contributed by atoms with E-state index in [4.69, 9.17) is 0 Å². The number of allylic oxidation sites excluding steroid dienone is 2. The van der Waals surface area contributed by atoms with E-state index in [0.717, 1.165) is 0 Å². The van der Waals surface area contributed by atoms with Crippen molar-refractivity contribution >= 4 is 23.2 Å². The number of imidazole rings is 1. The van der Waals surface area contributed by atoms with Crippen LogP contribution in [0, 0.1) is 0 Å². The van der Waals surface area contributed by atoms with Gasteiger partial charge in [0.25, 0.3) is 5.56 Å². The van der Waals surface area contributed by atoms with Gasteiger partial charge >= 0.3 is 0 Å². The number of nitrogens with one attached hydrogen (secondary N) is 1. The highest BCUT2D eigenvalue weighted by atomic mass is 16.1. The number of aromatic amines is 1. The Hall–Kier alpha value is -2.76. The molecule has 1 N–H and O–H groups in total. The first kappa shape index (κ1) is 26.5. The van der Waals surface area contributed by atoms with Gasteiger partial charge < -0.3 is 4.98 Å². The molecule has 0 aromatic carbocycles. The van der Waals surface area contributed by atoms with Crippen LogP contribution < -0.4 is 5.56 Å². The monoisotopic (exact) mass is 374 g/mol. The normalized spacial score (nSPS) is 10.1. The number of rotatable bonds is 4. The summed E-state index contributed by atoms with van der Waals surface area (Å²) in [6.45, 7) is 19.0. The Balaban J connectivity index is 0. The highest BCUT2D eigenvalue weighted by molar-refractivity contribution is 5.94. The molecule has 0 aliphatic carbocycles. The van der Waals surface area contributed by atoms with Crippen LogP contribution in [-0.4, -0.2) is 26.4 Å².